The zero-order chi connectivity index (χ0) is 19.8. The van der Waals surface area contributed by atoms with Gasteiger partial charge in [-0.05, 0) is 62.6 Å². The van der Waals surface area contributed by atoms with E-state index < -0.39 is 0 Å². The molecule has 1 amide bonds. The molecule has 1 aliphatic carbocycles. The number of amides is 1. The Labute approximate surface area is 167 Å². The number of hydrogen-bond donors (Lipinski definition) is 2. The first-order valence-corrected chi connectivity index (χ1v) is 9.68. The molecule has 1 heterocycles. The lowest BCUT2D eigenvalue weighted by Gasteiger charge is -2.19. The maximum Gasteiger partial charge on any atom is 0.252 e. The van der Waals surface area contributed by atoms with Gasteiger partial charge in [0.2, 0.25) is 0 Å². The first-order valence-electron chi connectivity index (χ1n) is 9.30. The molecule has 2 rings (SSSR count). The lowest BCUT2D eigenvalue weighted by Crippen LogP contribution is -2.37. The van der Waals surface area contributed by atoms with E-state index in [1.807, 2.05) is 26.1 Å². The van der Waals surface area contributed by atoms with Crippen LogP contribution in [-0.2, 0) is 4.79 Å². The normalized spacial score (nSPS) is 23.3. The third-order valence-corrected chi connectivity index (χ3v) is 4.99. The van der Waals surface area contributed by atoms with E-state index in [0.717, 1.165) is 18.4 Å². The minimum atomic E-state index is -0.180. The Hall–Kier alpha value is -2.13. The molecule has 144 valence electrons. The molecule has 0 saturated heterocycles. The van der Waals surface area contributed by atoms with Crippen LogP contribution >= 0.6 is 11.6 Å². The Morgan fingerprint density at radius 1 is 1.59 bits per heavy atom. The summed E-state index contributed by atoms with van der Waals surface area (Å²) in [4.78, 5) is 17.1. The zero-order valence-electron chi connectivity index (χ0n) is 16.0. The first kappa shape index (κ1) is 21.2. The van der Waals surface area contributed by atoms with Crippen molar-refractivity contribution in [2.24, 2.45) is 16.6 Å². The van der Waals surface area contributed by atoms with Crippen molar-refractivity contribution in [2.45, 2.75) is 45.2 Å². The molecular formula is C22H28ClN3O. The van der Waals surface area contributed by atoms with E-state index in [4.69, 9.17) is 17.3 Å². The van der Waals surface area contributed by atoms with Crippen LogP contribution < -0.4 is 11.1 Å². The smallest absolute Gasteiger partial charge is 0.252 e. The van der Waals surface area contributed by atoms with E-state index in [1.165, 1.54) is 5.57 Å². The lowest BCUT2D eigenvalue weighted by atomic mass is 10.0. The second-order valence-corrected chi connectivity index (χ2v) is 7.22. The number of halogens is 1. The van der Waals surface area contributed by atoms with Gasteiger partial charge in [0.05, 0.1) is 12.1 Å². The molecule has 2 aliphatic rings. The number of carbonyl (C=O) groups is 1. The first-order chi connectivity index (χ1) is 13.0. The molecule has 1 saturated carbocycles. The van der Waals surface area contributed by atoms with Gasteiger partial charge in [-0.3, -0.25) is 9.79 Å². The van der Waals surface area contributed by atoms with Crippen LogP contribution in [0.2, 0.25) is 0 Å². The van der Waals surface area contributed by atoms with Crippen LogP contribution in [0.5, 0.6) is 0 Å². The largest absolute Gasteiger partial charge is 0.346 e. The summed E-state index contributed by atoms with van der Waals surface area (Å²) >= 11 is 6.13. The fourth-order valence-electron chi connectivity index (χ4n) is 3.08. The standard InChI is InChI=1S/C22H28ClN3O/c1-4-6-18(23)13-15(3)20(9-11-24)26-22(27)16(5-2)7-8-17-10-12-25-21-14-19(17)21/h4-7,12-13,19-21H,1,9-11,14,24H2,2-3H3,(H,26,27)/b15-13+,16-5+,18-6+. The Morgan fingerprint density at radius 3 is 3.04 bits per heavy atom. The number of hydrogen-bond acceptors (Lipinski definition) is 3. The maximum absolute atomic E-state index is 12.7. The van der Waals surface area contributed by atoms with Gasteiger partial charge in [-0.2, -0.15) is 0 Å². The van der Waals surface area contributed by atoms with Crippen molar-refractivity contribution in [1.29, 1.82) is 0 Å². The fraction of sp³-hybridized carbons (Fsp3) is 0.409. The third kappa shape index (κ3) is 6.21. The van der Waals surface area contributed by atoms with Crippen molar-refractivity contribution in [3.63, 3.8) is 0 Å². The monoisotopic (exact) mass is 385 g/mol. The Morgan fingerprint density at radius 2 is 2.37 bits per heavy atom. The van der Waals surface area contributed by atoms with Crippen molar-refractivity contribution in [3.05, 3.63) is 64.4 Å². The van der Waals surface area contributed by atoms with Crippen LogP contribution in [0.3, 0.4) is 0 Å². The number of nitrogens with zero attached hydrogens (tertiary/aromatic N) is 1. The number of aliphatic imine (C=N–C) groups is 1. The SMILES string of the molecule is C=C/C=C(Cl)\C=C(/C)C(CCN)NC(=O)/C(C=C=C1CC=NC2CC12)=C/C. The predicted molar refractivity (Wildman–Crippen MR) is 114 cm³/mol. The molecule has 5 heteroatoms. The van der Waals surface area contributed by atoms with E-state index in [9.17, 15) is 4.79 Å². The molecule has 0 radical (unpaired) electrons. The van der Waals surface area contributed by atoms with Crippen LogP contribution in [0.4, 0.5) is 0 Å². The van der Waals surface area contributed by atoms with Gasteiger partial charge >= 0.3 is 0 Å². The summed E-state index contributed by atoms with van der Waals surface area (Å²) in [7, 11) is 0. The summed E-state index contributed by atoms with van der Waals surface area (Å²) in [5.41, 5.74) is 11.8. The summed E-state index contributed by atoms with van der Waals surface area (Å²) < 4.78 is 0. The van der Waals surface area contributed by atoms with Crippen LogP contribution in [0.15, 0.2) is 69.4 Å². The molecule has 1 aliphatic heterocycles. The number of allylic oxidation sites excluding steroid dienone is 5. The van der Waals surface area contributed by atoms with E-state index >= 15 is 0 Å². The van der Waals surface area contributed by atoms with Crippen molar-refractivity contribution in [1.82, 2.24) is 5.32 Å². The van der Waals surface area contributed by atoms with Gasteiger partial charge in [0.15, 0.2) is 0 Å². The minimum Gasteiger partial charge on any atom is -0.346 e. The molecule has 0 aromatic carbocycles. The molecule has 1 fully saturated rings. The van der Waals surface area contributed by atoms with Crippen LogP contribution in [0.25, 0.3) is 0 Å². The van der Waals surface area contributed by atoms with Gasteiger partial charge in [-0.25, -0.2) is 0 Å². The van der Waals surface area contributed by atoms with Gasteiger partial charge in [-0.1, -0.05) is 30.3 Å². The molecule has 0 aromatic heterocycles. The second-order valence-electron chi connectivity index (χ2n) is 6.78. The van der Waals surface area contributed by atoms with E-state index in [0.29, 0.717) is 35.5 Å². The number of rotatable bonds is 8. The fourth-order valence-corrected chi connectivity index (χ4v) is 3.34. The summed E-state index contributed by atoms with van der Waals surface area (Å²) in [6, 6.07) is 0.257. The molecule has 0 aromatic rings. The van der Waals surface area contributed by atoms with Crippen molar-refractivity contribution in [3.8, 4) is 0 Å². The molecular weight excluding hydrogens is 358 g/mol. The number of carbonyl (C=O) groups excluding carboxylic acids is 1. The number of fused-ring (bicyclic) bond motifs is 1. The van der Waals surface area contributed by atoms with Crippen LogP contribution in [0.1, 0.15) is 33.1 Å². The quantitative estimate of drug-likeness (QED) is 0.377. The summed E-state index contributed by atoms with van der Waals surface area (Å²) in [5.74, 6) is 0.374. The summed E-state index contributed by atoms with van der Waals surface area (Å²) in [6.45, 7) is 7.88. The summed E-state index contributed by atoms with van der Waals surface area (Å²) in [5, 5.41) is 3.61. The van der Waals surface area contributed by atoms with E-state index in [2.05, 4.69) is 22.6 Å². The highest BCUT2D eigenvalue weighted by atomic mass is 35.5. The highest BCUT2D eigenvalue weighted by Crippen LogP contribution is 2.43. The molecule has 4 nitrogen and oxygen atoms in total. The van der Waals surface area contributed by atoms with Crippen molar-refractivity contribution < 1.29 is 4.79 Å². The topological polar surface area (TPSA) is 67.5 Å². The van der Waals surface area contributed by atoms with Crippen LogP contribution in [0, 0.1) is 5.92 Å². The second kappa shape index (κ2) is 10.3. The van der Waals surface area contributed by atoms with Gasteiger partial charge in [0.1, 0.15) is 0 Å². The molecule has 0 spiro atoms. The third-order valence-electron chi connectivity index (χ3n) is 4.75. The highest BCUT2D eigenvalue weighted by Gasteiger charge is 2.41. The van der Waals surface area contributed by atoms with Crippen molar-refractivity contribution >= 4 is 23.7 Å². The molecule has 0 bridgehead atoms. The van der Waals surface area contributed by atoms with Crippen molar-refractivity contribution in [2.75, 3.05) is 6.54 Å². The Bertz CT molecular complexity index is 766. The molecule has 3 N–H and O–H groups in total. The summed E-state index contributed by atoms with van der Waals surface area (Å²) in [6.07, 6.45) is 13.2. The van der Waals surface area contributed by atoms with Gasteiger partial charge in [0, 0.05) is 29.2 Å². The zero-order valence-corrected chi connectivity index (χ0v) is 16.8. The molecule has 3 atom stereocenters. The Kier molecular flexibility index (Phi) is 8.05. The average molecular weight is 386 g/mol. The van der Waals surface area contributed by atoms with E-state index in [-0.39, 0.29) is 11.9 Å². The number of nitrogens with two attached hydrogens (primary N) is 1. The average Bonchev–Trinajstić information content (AvgIpc) is 3.42. The van der Waals surface area contributed by atoms with E-state index in [1.54, 1.807) is 24.3 Å². The molecule has 27 heavy (non-hydrogen) atoms. The number of nitrogens with one attached hydrogen (secondary N) is 1. The minimum absolute atomic E-state index is 0.141. The molecule has 3 unspecified atom stereocenters. The predicted octanol–water partition coefficient (Wildman–Crippen LogP) is 3.97. The maximum atomic E-state index is 12.7. The van der Waals surface area contributed by atoms with Gasteiger partial charge in [0.25, 0.3) is 5.91 Å². The van der Waals surface area contributed by atoms with Gasteiger partial charge in [-0.15, -0.1) is 5.73 Å². The van der Waals surface area contributed by atoms with Gasteiger partial charge < -0.3 is 11.1 Å². The lowest BCUT2D eigenvalue weighted by molar-refractivity contribution is -0.117. The van der Waals surface area contributed by atoms with Crippen LogP contribution in [-0.4, -0.2) is 30.8 Å². The Balaban J connectivity index is 2.11. The highest BCUT2D eigenvalue weighted by molar-refractivity contribution is 6.31.